The Labute approximate surface area is 173 Å². The van der Waals surface area contributed by atoms with Crippen molar-refractivity contribution >= 4 is 22.6 Å². The maximum absolute atomic E-state index is 13.1. The zero-order valence-electron chi connectivity index (χ0n) is 17.1. The fraction of sp³-hybridized carbons (Fsp3) is 0.174. The van der Waals surface area contributed by atoms with E-state index in [1.54, 1.807) is 25.8 Å². The van der Waals surface area contributed by atoms with Crippen LogP contribution in [-0.4, -0.2) is 34.2 Å². The smallest absolute Gasteiger partial charge is 0.278 e. The molecule has 2 aromatic heterocycles. The second-order valence-corrected chi connectivity index (χ2v) is 7.05. The van der Waals surface area contributed by atoms with E-state index in [2.05, 4.69) is 4.98 Å². The van der Waals surface area contributed by atoms with Crippen LogP contribution in [0.5, 0.6) is 5.75 Å². The van der Waals surface area contributed by atoms with Crippen molar-refractivity contribution in [3.8, 4) is 16.9 Å². The first-order chi connectivity index (χ1) is 14.5. The van der Waals surface area contributed by atoms with E-state index in [4.69, 9.17) is 4.74 Å². The summed E-state index contributed by atoms with van der Waals surface area (Å²) in [4.78, 5) is 31.9. The van der Waals surface area contributed by atoms with E-state index < -0.39 is 0 Å². The Kier molecular flexibility index (Phi) is 5.10. The molecule has 0 spiro atoms. The zero-order chi connectivity index (χ0) is 21.3. The Balaban J connectivity index is 1.70. The standard InChI is InChI=1S/C23H22N4O3/c1-25-13-19(16-8-7-11-18(12-16)30-3)21-22(25)23(29)27(15-24-21)14-20(28)26(2)17-9-5-4-6-10-17/h4-13,15H,14H2,1-3H3. The van der Waals surface area contributed by atoms with Crippen LogP contribution in [0.2, 0.25) is 0 Å². The number of benzene rings is 2. The normalized spacial score (nSPS) is 10.9. The van der Waals surface area contributed by atoms with E-state index in [9.17, 15) is 9.59 Å². The number of methoxy groups -OCH3 is 1. The molecule has 0 fully saturated rings. The van der Waals surface area contributed by atoms with E-state index in [0.29, 0.717) is 11.0 Å². The van der Waals surface area contributed by atoms with Crippen molar-refractivity contribution < 1.29 is 9.53 Å². The van der Waals surface area contributed by atoms with Crippen molar-refractivity contribution in [1.82, 2.24) is 14.1 Å². The molecule has 0 radical (unpaired) electrons. The number of rotatable bonds is 5. The topological polar surface area (TPSA) is 69.4 Å². The number of hydrogen-bond donors (Lipinski definition) is 0. The van der Waals surface area contributed by atoms with Gasteiger partial charge < -0.3 is 14.2 Å². The highest BCUT2D eigenvalue weighted by Crippen LogP contribution is 2.29. The van der Waals surface area contributed by atoms with Crippen LogP contribution in [0.1, 0.15) is 0 Å². The van der Waals surface area contributed by atoms with E-state index in [1.807, 2.05) is 60.8 Å². The average molecular weight is 402 g/mol. The molecule has 0 aliphatic heterocycles. The van der Waals surface area contributed by atoms with Gasteiger partial charge in [-0.25, -0.2) is 4.98 Å². The minimum Gasteiger partial charge on any atom is -0.497 e. The number of aryl methyl sites for hydroxylation is 1. The Morgan fingerprint density at radius 2 is 1.90 bits per heavy atom. The van der Waals surface area contributed by atoms with Crippen LogP contribution in [0, 0.1) is 0 Å². The Hall–Kier alpha value is -3.87. The molecule has 0 N–H and O–H groups in total. The molecule has 2 heterocycles. The van der Waals surface area contributed by atoms with Crippen LogP contribution in [0.25, 0.3) is 22.2 Å². The first-order valence-electron chi connectivity index (χ1n) is 9.50. The van der Waals surface area contributed by atoms with Gasteiger partial charge in [-0.15, -0.1) is 0 Å². The summed E-state index contributed by atoms with van der Waals surface area (Å²) in [5, 5.41) is 0. The molecule has 0 unspecified atom stereocenters. The van der Waals surface area contributed by atoms with E-state index >= 15 is 0 Å². The maximum atomic E-state index is 13.1. The average Bonchev–Trinajstić information content (AvgIpc) is 3.12. The highest BCUT2D eigenvalue weighted by Gasteiger charge is 2.18. The quantitative estimate of drug-likeness (QED) is 0.514. The van der Waals surface area contributed by atoms with E-state index in [1.165, 1.54) is 15.8 Å². The van der Waals surface area contributed by atoms with Crippen molar-refractivity contribution in [3.05, 3.63) is 77.5 Å². The number of carbonyl (C=O) groups excluding carboxylic acids is 1. The molecule has 2 aromatic carbocycles. The summed E-state index contributed by atoms with van der Waals surface area (Å²) in [5.74, 6) is 0.527. The predicted octanol–water partition coefficient (Wildman–Crippen LogP) is 3.07. The number of hydrogen-bond acceptors (Lipinski definition) is 4. The molecule has 152 valence electrons. The summed E-state index contributed by atoms with van der Waals surface area (Å²) >= 11 is 0. The molecule has 7 nitrogen and oxygen atoms in total. The van der Waals surface area contributed by atoms with E-state index in [0.717, 1.165) is 22.6 Å². The molecule has 30 heavy (non-hydrogen) atoms. The predicted molar refractivity (Wildman–Crippen MR) is 117 cm³/mol. The summed E-state index contributed by atoms with van der Waals surface area (Å²) in [6, 6.07) is 16.9. The Morgan fingerprint density at radius 3 is 2.63 bits per heavy atom. The molecule has 0 saturated heterocycles. The second kappa shape index (κ2) is 7.87. The summed E-state index contributed by atoms with van der Waals surface area (Å²) in [6.45, 7) is -0.0904. The minimum absolute atomic E-state index is 0.0904. The number of ether oxygens (including phenoxy) is 1. The van der Waals surface area contributed by atoms with Crippen molar-refractivity contribution in [2.75, 3.05) is 19.1 Å². The molecule has 7 heteroatoms. The van der Waals surface area contributed by atoms with Gasteiger partial charge in [-0.1, -0.05) is 30.3 Å². The lowest BCUT2D eigenvalue weighted by molar-refractivity contribution is -0.118. The molecule has 4 aromatic rings. The van der Waals surface area contributed by atoms with E-state index in [-0.39, 0.29) is 18.0 Å². The second-order valence-electron chi connectivity index (χ2n) is 7.05. The molecular weight excluding hydrogens is 380 g/mol. The number of aromatic nitrogens is 3. The molecule has 1 amide bonds. The number of amides is 1. The third-order valence-corrected chi connectivity index (χ3v) is 5.15. The number of nitrogens with zero attached hydrogens (tertiary/aromatic N) is 4. The van der Waals surface area contributed by atoms with Gasteiger partial charge >= 0.3 is 0 Å². The van der Waals surface area contributed by atoms with Crippen molar-refractivity contribution in [1.29, 1.82) is 0 Å². The van der Waals surface area contributed by atoms with Crippen LogP contribution in [0.3, 0.4) is 0 Å². The number of carbonyl (C=O) groups is 1. The fourth-order valence-corrected chi connectivity index (χ4v) is 3.47. The van der Waals surface area contributed by atoms with Crippen LogP contribution in [-0.2, 0) is 18.4 Å². The minimum atomic E-state index is -0.258. The van der Waals surface area contributed by atoms with Gasteiger partial charge in [0.15, 0.2) is 0 Å². The van der Waals surface area contributed by atoms with Crippen LogP contribution in [0.15, 0.2) is 71.9 Å². The van der Waals surface area contributed by atoms with Gasteiger partial charge in [0.2, 0.25) is 5.91 Å². The van der Waals surface area contributed by atoms with Crippen molar-refractivity contribution in [2.45, 2.75) is 6.54 Å². The molecule has 0 bridgehead atoms. The van der Waals surface area contributed by atoms with Gasteiger partial charge in [-0.05, 0) is 29.8 Å². The Bertz CT molecular complexity index is 1270. The lowest BCUT2D eigenvalue weighted by Crippen LogP contribution is -2.34. The lowest BCUT2D eigenvalue weighted by Gasteiger charge is -2.17. The largest absolute Gasteiger partial charge is 0.497 e. The maximum Gasteiger partial charge on any atom is 0.278 e. The highest BCUT2D eigenvalue weighted by molar-refractivity contribution is 5.94. The number of likely N-dealkylation sites (N-methyl/N-ethyl adjacent to an activating group) is 1. The first-order valence-corrected chi connectivity index (χ1v) is 9.50. The van der Waals surface area contributed by atoms with Gasteiger partial charge in [0.25, 0.3) is 5.56 Å². The number of anilines is 1. The summed E-state index contributed by atoms with van der Waals surface area (Å²) in [7, 11) is 5.11. The molecule has 0 atom stereocenters. The Morgan fingerprint density at radius 1 is 1.13 bits per heavy atom. The molecule has 4 rings (SSSR count). The summed E-state index contributed by atoms with van der Waals surface area (Å²) in [6.07, 6.45) is 3.31. The molecular formula is C23H22N4O3. The zero-order valence-corrected chi connectivity index (χ0v) is 17.1. The van der Waals surface area contributed by atoms with Gasteiger partial charge in [0.1, 0.15) is 23.3 Å². The third-order valence-electron chi connectivity index (χ3n) is 5.15. The van der Waals surface area contributed by atoms with Crippen LogP contribution >= 0.6 is 0 Å². The first kappa shape index (κ1) is 19.4. The lowest BCUT2D eigenvalue weighted by atomic mass is 10.1. The fourth-order valence-electron chi connectivity index (χ4n) is 3.47. The van der Waals surface area contributed by atoms with Gasteiger partial charge in [-0.2, -0.15) is 0 Å². The van der Waals surface area contributed by atoms with Crippen molar-refractivity contribution in [2.24, 2.45) is 7.05 Å². The monoisotopic (exact) mass is 402 g/mol. The van der Waals surface area contributed by atoms with Crippen molar-refractivity contribution in [3.63, 3.8) is 0 Å². The van der Waals surface area contributed by atoms with Gasteiger partial charge in [0.05, 0.1) is 13.4 Å². The third kappa shape index (κ3) is 3.45. The highest BCUT2D eigenvalue weighted by atomic mass is 16.5. The van der Waals surface area contributed by atoms with Crippen LogP contribution < -0.4 is 15.2 Å². The molecule has 0 aliphatic carbocycles. The van der Waals surface area contributed by atoms with Crippen LogP contribution in [0.4, 0.5) is 5.69 Å². The summed E-state index contributed by atoms with van der Waals surface area (Å²) < 4.78 is 8.40. The summed E-state index contributed by atoms with van der Waals surface area (Å²) in [5.41, 5.74) is 3.30. The number of para-hydroxylation sites is 1. The van der Waals surface area contributed by atoms with Gasteiger partial charge in [0, 0.05) is 31.5 Å². The molecule has 0 aliphatic rings. The van der Waals surface area contributed by atoms with Gasteiger partial charge in [-0.3, -0.25) is 14.2 Å². The SMILES string of the molecule is COc1cccc(-c2cn(C)c3c(=O)n(CC(=O)N(C)c4ccccc4)cnc23)c1. The molecule has 0 saturated carbocycles. The number of fused-ring (bicyclic) bond motifs is 1.